The van der Waals surface area contributed by atoms with Crippen LogP contribution >= 0.6 is 0 Å². The van der Waals surface area contributed by atoms with Crippen LogP contribution in [0.25, 0.3) is 0 Å². The molecule has 1 aliphatic heterocycles. The molecule has 0 aromatic heterocycles. The summed E-state index contributed by atoms with van der Waals surface area (Å²) < 4.78 is 14.8. The minimum absolute atomic E-state index is 0.0953. The molecule has 0 amide bonds. The molecule has 5 nitrogen and oxygen atoms in total. The summed E-state index contributed by atoms with van der Waals surface area (Å²) in [7, 11) is 1.27. The van der Waals surface area contributed by atoms with Gasteiger partial charge in [-0.25, -0.2) is 4.79 Å². The van der Waals surface area contributed by atoms with Crippen LogP contribution in [-0.4, -0.2) is 31.4 Å². The van der Waals surface area contributed by atoms with Crippen LogP contribution in [-0.2, 0) is 23.8 Å². The highest BCUT2D eigenvalue weighted by Gasteiger charge is 2.42. The molecule has 1 rings (SSSR count). The average molecular weight is 216 g/mol. The molecule has 0 aliphatic carbocycles. The van der Waals surface area contributed by atoms with Gasteiger partial charge in [-0.05, 0) is 0 Å². The molecular formula is C10H16O5. The van der Waals surface area contributed by atoms with Crippen molar-refractivity contribution in [2.45, 2.75) is 39.6 Å². The van der Waals surface area contributed by atoms with E-state index >= 15 is 0 Å². The van der Waals surface area contributed by atoms with Crippen molar-refractivity contribution in [2.24, 2.45) is 5.41 Å². The lowest BCUT2D eigenvalue weighted by molar-refractivity contribution is -0.154. The van der Waals surface area contributed by atoms with Crippen molar-refractivity contribution in [3.8, 4) is 0 Å². The highest BCUT2D eigenvalue weighted by atomic mass is 16.8. The van der Waals surface area contributed by atoms with Crippen LogP contribution in [0.15, 0.2) is 0 Å². The lowest BCUT2D eigenvalue weighted by Crippen LogP contribution is -2.28. The van der Waals surface area contributed by atoms with Gasteiger partial charge >= 0.3 is 11.9 Å². The van der Waals surface area contributed by atoms with E-state index < -0.39 is 24.3 Å². The number of methoxy groups -OCH3 is 1. The molecule has 0 saturated carbocycles. The highest BCUT2D eigenvalue weighted by molar-refractivity contribution is 5.82. The summed E-state index contributed by atoms with van der Waals surface area (Å²) in [6.07, 6.45) is -1.52. The summed E-state index contributed by atoms with van der Waals surface area (Å²) in [5.41, 5.74) is -0.291. The molecule has 1 heterocycles. The summed E-state index contributed by atoms with van der Waals surface area (Å²) >= 11 is 0. The second kappa shape index (κ2) is 4.18. The first-order valence-electron chi connectivity index (χ1n) is 4.77. The minimum Gasteiger partial charge on any atom is -0.469 e. The molecule has 2 atom stereocenters. The van der Waals surface area contributed by atoms with Crippen LogP contribution in [0.1, 0.15) is 27.2 Å². The Balaban J connectivity index is 2.57. The molecular weight excluding hydrogens is 200 g/mol. The van der Waals surface area contributed by atoms with Crippen LogP contribution in [0, 0.1) is 5.41 Å². The Labute approximate surface area is 88.7 Å². The van der Waals surface area contributed by atoms with Gasteiger partial charge < -0.3 is 14.2 Å². The summed E-state index contributed by atoms with van der Waals surface area (Å²) in [5, 5.41) is 0. The van der Waals surface area contributed by atoms with Gasteiger partial charge in [0.25, 0.3) is 0 Å². The van der Waals surface area contributed by atoms with E-state index in [-0.39, 0.29) is 11.8 Å². The first kappa shape index (κ1) is 12.0. The third kappa shape index (κ3) is 2.92. The topological polar surface area (TPSA) is 61.8 Å². The number of cyclic esters (lactones) is 1. The molecule has 1 saturated heterocycles. The zero-order chi connectivity index (χ0) is 11.6. The Bertz CT molecular complexity index is 265. The smallest absolute Gasteiger partial charge is 0.338 e. The standard InChI is InChI=1S/C10H16O5/c1-10(2,3)9-14-6(8(12)15-9)5-7(11)13-4/h6,9H,5H2,1-4H3/t6-,9-/m1/s1. The normalized spacial score (nSPS) is 26.3. The van der Waals surface area contributed by atoms with E-state index in [4.69, 9.17) is 9.47 Å². The lowest BCUT2D eigenvalue weighted by atomic mass is 9.96. The van der Waals surface area contributed by atoms with Gasteiger partial charge in [0.2, 0.25) is 6.29 Å². The van der Waals surface area contributed by atoms with Crippen LogP contribution < -0.4 is 0 Å². The molecule has 1 aliphatic rings. The highest BCUT2D eigenvalue weighted by Crippen LogP contribution is 2.30. The monoisotopic (exact) mass is 216 g/mol. The Morgan fingerprint density at radius 1 is 1.47 bits per heavy atom. The van der Waals surface area contributed by atoms with E-state index in [0.717, 1.165) is 0 Å². The number of esters is 2. The zero-order valence-electron chi connectivity index (χ0n) is 9.40. The van der Waals surface area contributed by atoms with Crippen LogP contribution in [0.4, 0.5) is 0 Å². The van der Waals surface area contributed by atoms with E-state index in [0.29, 0.717) is 0 Å². The quantitative estimate of drug-likeness (QED) is 0.641. The fourth-order valence-electron chi connectivity index (χ4n) is 1.16. The van der Waals surface area contributed by atoms with Crippen molar-refractivity contribution in [1.29, 1.82) is 0 Å². The van der Waals surface area contributed by atoms with Gasteiger partial charge in [-0.3, -0.25) is 4.79 Å². The number of ether oxygens (including phenoxy) is 3. The van der Waals surface area contributed by atoms with Gasteiger partial charge in [-0.15, -0.1) is 0 Å². The fourth-order valence-corrected chi connectivity index (χ4v) is 1.16. The third-order valence-electron chi connectivity index (χ3n) is 2.06. The van der Waals surface area contributed by atoms with Gasteiger partial charge in [0.15, 0.2) is 6.10 Å². The van der Waals surface area contributed by atoms with Gasteiger partial charge in [0.05, 0.1) is 13.5 Å². The maximum atomic E-state index is 11.3. The Hall–Kier alpha value is -1.10. The molecule has 0 aromatic rings. The summed E-state index contributed by atoms with van der Waals surface area (Å²) in [4.78, 5) is 22.3. The zero-order valence-corrected chi connectivity index (χ0v) is 9.40. The second-order valence-electron chi connectivity index (χ2n) is 4.54. The van der Waals surface area contributed by atoms with Crippen molar-refractivity contribution >= 4 is 11.9 Å². The van der Waals surface area contributed by atoms with E-state index in [1.807, 2.05) is 20.8 Å². The van der Waals surface area contributed by atoms with Crippen LogP contribution in [0.3, 0.4) is 0 Å². The maximum Gasteiger partial charge on any atom is 0.338 e. The Morgan fingerprint density at radius 2 is 2.07 bits per heavy atom. The first-order valence-corrected chi connectivity index (χ1v) is 4.77. The number of hydrogen-bond donors (Lipinski definition) is 0. The first-order chi connectivity index (χ1) is 6.84. The summed E-state index contributed by atoms with van der Waals surface area (Å²) in [5.74, 6) is -0.980. The van der Waals surface area contributed by atoms with Crippen LogP contribution in [0.2, 0.25) is 0 Å². The molecule has 1 fully saturated rings. The third-order valence-corrected chi connectivity index (χ3v) is 2.06. The average Bonchev–Trinajstić information content (AvgIpc) is 2.47. The van der Waals surface area contributed by atoms with Gasteiger partial charge in [-0.1, -0.05) is 20.8 Å². The minimum atomic E-state index is -0.832. The fraction of sp³-hybridized carbons (Fsp3) is 0.800. The number of carbonyl (C=O) groups is 2. The number of rotatable bonds is 2. The Kier molecular flexibility index (Phi) is 3.34. The van der Waals surface area contributed by atoms with Crippen LogP contribution in [0.5, 0.6) is 0 Å². The molecule has 0 radical (unpaired) electrons. The van der Waals surface area contributed by atoms with Gasteiger partial charge in [0.1, 0.15) is 0 Å². The van der Waals surface area contributed by atoms with Crippen molar-refractivity contribution < 1.29 is 23.8 Å². The van der Waals surface area contributed by atoms with E-state index in [1.54, 1.807) is 0 Å². The lowest BCUT2D eigenvalue weighted by Gasteiger charge is -2.23. The van der Waals surface area contributed by atoms with E-state index in [9.17, 15) is 9.59 Å². The molecule has 0 unspecified atom stereocenters. The molecule has 15 heavy (non-hydrogen) atoms. The predicted octanol–water partition coefficient (Wildman–Crippen LogP) is 0.864. The van der Waals surface area contributed by atoms with Gasteiger partial charge in [-0.2, -0.15) is 0 Å². The summed E-state index contributed by atoms with van der Waals surface area (Å²) in [6.45, 7) is 5.68. The Morgan fingerprint density at radius 3 is 2.47 bits per heavy atom. The maximum absolute atomic E-state index is 11.3. The molecule has 5 heteroatoms. The van der Waals surface area contributed by atoms with Crippen molar-refractivity contribution in [1.82, 2.24) is 0 Å². The van der Waals surface area contributed by atoms with E-state index in [2.05, 4.69) is 4.74 Å². The molecule has 0 bridgehead atoms. The largest absolute Gasteiger partial charge is 0.469 e. The molecule has 86 valence electrons. The number of carbonyl (C=O) groups excluding carboxylic acids is 2. The van der Waals surface area contributed by atoms with Crippen molar-refractivity contribution in [3.05, 3.63) is 0 Å². The molecule has 0 spiro atoms. The van der Waals surface area contributed by atoms with E-state index in [1.165, 1.54) is 7.11 Å². The SMILES string of the molecule is COC(=O)C[C@H]1O[C@@H](C(C)(C)C)OC1=O. The second-order valence-corrected chi connectivity index (χ2v) is 4.54. The van der Waals surface area contributed by atoms with Crippen molar-refractivity contribution in [3.63, 3.8) is 0 Å². The number of hydrogen-bond acceptors (Lipinski definition) is 5. The van der Waals surface area contributed by atoms with Gasteiger partial charge in [0, 0.05) is 5.41 Å². The predicted molar refractivity (Wildman–Crippen MR) is 50.8 cm³/mol. The van der Waals surface area contributed by atoms with Crippen molar-refractivity contribution in [2.75, 3.05) is 7.11 Å². The molecule has 0 aromatic carbocycles. The summed E-state index contributed by atoms with van der Waals surface area (Å²) in [6, 6.07) is 0. The molecule has 0 N–H and O–H groups in total.